The van der Waals surface area contributed by atoms with Gasteiger partial charge in [-0.3, -0.25) is 0 Å². The fourth-order valence-electron chi connectivity index (χ4n) is 2.87. The summed E-state index contributed by atoms with van der Waals surface area (Å²) in [4.78, 5) is 0. The third-order valence-corrected chi connectivity index (χ3v) is 3.94. The molecule has 0 radical (unpaired) electrons. The highest BCUT2D eigenvalue weighted by atomic mass is 19.1. The summed E-state index contributed by atoms with van der Waals surface area (Å²) in [5.41, 5.74) is 0. The van der Waals surface area contributed by atoms with Gasteiger partial charge in [-0.05, 0) is 44.4 Å². The van der Waals surface area contributed by atoms with Crippen LogP contribution in [0.5, 0.6) is 5.75 Å². The minimum atomic E-state index is -0.230. The molecule has 1 aliphatic carbocycles. The third kappa shape index (κ3) is 4.78. The number of halogens is 1. The summed E-state index contributed by atoms with van der Waals surface area (Å²) in [5, 5.41) is 3.61. The summed E-state index contributed by atoms with van der Waals surface area (Å²) >= 11 is 0. The topological polar surface area (TPSA) is 21.3 Å². The Bertz CT molecular complexity index is 394. The van der Waals surface area contributed by atoms with Crippen molar-refractivity contribution in [1.29, 1.82) is 0 Å². The van der Waals surface area contributed by atoms with Gasteiger partial charge in [0.05, 0.1) is 0 Å². The van der Waals surface area contributed by atoms with Crippen molar-refractivity contribution in [3.63, 3.8) is 0 Å². The molecule has 2 rings (SSSR count). The van der Waals surface area contributed by atoms with Crippen LogP contribution in [0.3, 0.4) is 0 Å². The second kappa shape index (κ2) is 8.25. The highest BCUT2D eigenvalue weighted by molar-refractivity contribution is 5.22. The number of hydrogen-bond donors (Lipinski definition) is 1. The van der Waals surface area contributed by atoms with Crippen molar-refractivity contribution in [1.82, 2.24) is 5.32 Å². The molecule has 1 aliphatic rings. The van der Waals surface area contributed by atoms with Crippen molar-refractivity contribution in [3.8, 4) is 5.75 Å². The predicted octanol–water partition coefficient (Wildman–Crippen LogP) is 4.30. The van der Waals surface area contributed by atoms with Crippen molar-refractivity contribution < 1.29 is 9.13 Å². The van der Waals surface area contributed by atoms with Crippen LogP contribution < -0.4 is 10.1 Å². The average molecular weight is 279 g/mol. The highest BCUT2D eigenvalue weighted by Gasteiger charge is 2.23. The third-order valence-electron chi connectivity index (χ3n) is 3.94. The lowest BCUT2D eigenvalue weighted by atomic mass is 9.94. The van der Waals surface area contributed by atoms with Gasteiger partial charge in [0.15, 0.2) is 0 Å². The molecule has 0 bridgehead atoms. The summed E-state index contributed by atoms with van der Waals surface area (Å²) in [6.45, 7) is 3.20. The van der Waals surface area contributed by atoms with E-state index in [1.54, 1.807) is 6.07 Å². The monoisotopic (exact) mass is 279 g/mol. The van der Waals surface area contributed by atoms with E-state index in [1.807, 2.05) is 6.07 Å². The number of hydrogen-bond acceptors (Lipinski definition) is 2. The summed E-state index contributed by atoms with van der Waals surface area (Å²) in [7, 11) is 0. The average Bonchev–Trinajstić information content (AvgIpc) is 2.41. The Labute approximate surface area is 121 Å². The Morgan fingerprint density at radius 1 is 1.20 bits per heavy atom. The lowest BCUT2D eigenvalue weighted by molar-refractivity contribution is 0.126. The van der Waals surface area contributed by atoms with Crippen LogP contribution >= 0.6 is 0 Å². The Hall–Kier alpha value is -1.09. The van der Waals surface area contributed by atoms with E-state index in [4.69, 9.17) is 4.74 Å². The van der Waals surface area contributed by atoms with Gasteiger partial charge in [-0.1, -0.05) is 32.3 Å². The van der Waals surface area contributed by atoms with Crippen LogP contribution in [0.15, 0.2) is 24.3 Å². The van der Waals surface area contributed by atoms with Gasteiger partial charge in [-0.25, -0.2) is 4.39 Å². The smallest absolute Gasteiger partial charge is 0.126 e. The van der Waals surface area contributed by atoms with E-state index in [0.717, 1.165) is 25.8 Å². The van der Waals surface area contributed by atoms with Crippen LogP contribution in [0.25, 0.3) is 0 Å². The molecule has 2 unspecified atom stereocenters. The van der Waals surface area contributed by atoms with E-state index in [9.17, 15) is 4.39 Å². The zero-order valence-corrected chi connectivity index (χ0v) is 12.4. The van der Waals surface area contributed by atoms with Crippen LogP contribution in [0.1, 0.15) is 51.9 Å². The number of ether oxygens (including phenoxy) is 1. The molecule has 3 heteroatoms. The first-order valence-electron chi connectivity index (χ1n) is 7.95. The zero-order chi connectivity index (χ0) is 14.2. The molecule has 0 amide bonds. The molecular formula is C17H26FNO. The van der Waals surface area contributed by atoms with Gasteiger partial charge in [-0.2, -0.15) is 0 Å². The SMILES string of the molecule is CCCNC1CCCCCCC1Oc1cccc(F)c1. The van der Waals surface area contributed by atoms with Crippen molar-refractivity contribution in [3.05, 3.63) is 30.1 Å². The summed E-state index contributed by atoms with van der Waals surface area (Å²) in [5.74, 6) is 0.422. The lowest BCUT2D eigenvalue weighted by Gasteiger charge is -2.30. The minimum Gasteiger partial charge on any atom is -0.489 e. The minimum absolute atomic E-state index is 0.156. The zero-order valence-electron chi connectivity index (χ0n) is 12.4. The number of nitrogens with one attached hydrogen (secondary N) is 1. The van der Waals surface area contributed by atoms with E-state index in [0.29, 0.717) is 11.8 Å². The molecule has 2 atom stereocenters. The van der Waals surface area contributed by atoms with Crippen LogP contribution in [-0.4, -0.2) is 18.7 Å². The molecule has 1 fully saturated rings. The normalized spacial score (nSPS) is 23.9. The molecule has 1 N–H and O–H groups in total. The molecule has 20 heavy (non-hydrogen) atoms. The maximum atomic E-state index is 13.3. The molecule has 0 heterocycles. The van der Waals surface area contributed by atoms with Gasteiger partial charge in [0.1, 0.15) is 17.7 Å². The van der Waals surface area contributed by atoms with Gasteiger partial charge < -0.3 is 10.1 Å². The quantitative estimate of drug-likeness (QED) is 0.868. The van der Waals surface area contributed by atoms with Crippen molar-refractivity contribution in [2.45, 2.75) is 64.0 Å². The predicted molar refractivity (Wildman–Crippen MR) is 80.6 cm³/mol. The van der Waals surface area contributed by atoms with Gasteiger partial charge in [-0.15, -0.1) is 0 Å². The van der Waals surface area contributed by atoms with Crippen molar-refractivity contribution in [2.75, 3.05) is 6.54 Å². The van der Waals surface area contributed by atoms with E-state index in [-0.39, 0.29) is 11.9 Å². The Morgan fingerprint density at radius 3 is 2.75 bits per heavy atom. The van der Waals surface area contributed by atoms with Crippen LogP contribution in [-0.2, 0) is 0 Å². The highest BCUT2D eigenvalue weighted by Crippen LogP contribution is 2.23. The molecule has 1 aromatic carbocycles. The van der Waals surface area contributed by atoms with Gasteiger partial charge in [0.2, 0.25) is 0 Å². The first kappa shape index (κ1) is 15.3. The molecular weight excluding hydrogens is 253 g/mol. The Kier molecular flexibility index (Phi) is 6.31. The molecule has 1 aromatic rings. The summed E-state index contributed by atoms with van der Waals surface area (Å²) < 4.78 is 19.3. The fraction of sp³-hybridized carbons (Fsp3) is 0.647. The van der Waals surface area contributed by atoms with E-state index in [2.05, 4.69) is 12.2 Å². The second-order valence-corrected chi connectivity index (χ2v) is 5.67. The molecule has 0 saturated heterocycles. The maximum absolute atomic E-state index is 13.3. The molecule has 0 spiro atoms. The molecule has 1 saturated carbocycles. The van der Waals surface area contributed by atoms with E-state index >= 15 is 0 Å². The second-order valence-electron chi connectivity index (χ2n) is 5.67. The maximum Gasteiger partial charge on any atom is 0.126 e. The molecule has 112 valence electrons. The molecule has 0 aliphatic heterocycles. The van der Waals surface area contributed by atoms with Crippen molar-refractivity contribution >= 4 is 0 Å². The summed E-state index contributed by atoms with van der Waals surface area (Å²) in [6.07, 6.45) is 8.54. The first-order valence-corrected chi connectivity index (χ1v) is 7.95. The first-order chi connectivity index (χ1) is 9.79. The van der Waals surface area contributed by atoms with Gasteiger partial charge in [0, 0.05) is 12.1 Å². The molecule has 2 nitrogen and oxygen atoms in total. The number of benzene rings is 1. The van der Waals surface area contributed by atoms with Crippen LogP contribution in [0, 0.1) is 5.82 Å². The Balaban J connectivity index is 2.01. The van der Waals surface area contributed by atoms with Crippen LogP contribution in [0.4, 0.5) is 4.39 Å². The van der Waals surface area contributed by atoms with Gasteiger partial charge >= 0.3 is 0 Å². The van der Waals surface area contributed by atoms with E-state index < -0.39 is 0 Å². The number of rotatable bonds is 5. The Morgan fingerprint density at radius 2 is 2.00 bits per heavy atom. The van der Waals surface area contributed by atoms with Crippen LogP contribution in [0.2, 0.25) is 0 Å². The summed E-state index contributed by atoms with van der Waals surface area (Å²) in [6, 6.07) is 6.88. The largest absolute Gasteiger partial charge is 0.489 e. The van der Waals surface area contributed by atoms with E-state index in [1.165, 1.54) is 37.8 Å². The lowest BCUT2D eigenvalue weighted by Crippen LogP contribution is -2.44. The fourth-order valence-corrected chi connectivity index (χ4v) is 2.87. The standard InChI is InChI=1S/C17H26FNO/c1-2-12-19-16-10-5-3-4-6-11-17(16)20-15-9-7-8-14(18)13-15/h7-9,13,16-17,19H,2-6,10-12H2,1H3. The van der Waals surface area contributed by atoms with Gasteiger partial charge in [0.25, 0.3) is 0 Å². The van der Waals surface area contributed by atoms with Crippen molar-refractivity contribution in [2.24, 2.45) is 0 Å². The molecule has 0 aromatic heterocycles.